The van der Waals surface area contributed by atoms with Crippen molar-refractivity contribution in [2.45, 2.75) is 6.61 Å². The van der Waals surface area contributed by atoms with Gasteiger partial charge in [-0.2, -0.15) is 8.78 Å². The molecule has 0 atom stereocenters. The highest BCUT2D eigenvalue weighted by molar-refractivity contribution is 5.95. The number of nitrogens with one attached hydrogen (secondary N) is 1. The molecule has 29 heavy (non-hydrogen) atoms. The van der Waals surface area contributed by atoms with Crippen molar-refractivity contribution in [1.29, 1.82) is 0 Å². The standard InChI is InChI=1S/C20H19F2NO6/c1-3-10-27-16-9-4-13(11-17(16)26-2)19(25)28-12-18(24)23-14-5-7-15(8-6-14)29-20(21)22/h3-9,11,20H,1,10,12H2,2H3,(H,23,24). The van der Waals surface area contributed by atoms with E-state index in [1.54, 1.807) is 12.1 Å². The fourth-order valence-electron chi connectivity index (χ4n) is 2.19. The van der Waals surface area contributed by atoms with Gasteiger partial charge in [0.15, 0.2) is 18.1 Å². The minimum Gasteiger partial charge on any atom is -0.493 e. The molecule has 1 amide bonds. The lowest BCUT2D eigenvalue weighted by Crippen LogP contribution is -2.21. The molecule has 0 bridgehead atoms. The highest BCUT2D eigenvalue weighted by atomic mass is 19.3. The van der Waals surface area contributed by atoms with Crippen LogP contribution < -0.4 is 19.5 Å². The number of rotatable bonds is 10. The van der Waals surface area contributed by atoms with E-state index in [-0.39, 0.29) is 17.9 Å². The second-order valence-corrected chi connectivity index (χ2v) is 5.49. The van der Waals surface area contributed by atoms with Crippen molar-refractivity contribution in [2.75, 3.05) is 25.6 Å². The van der Waals surface area contributed by atoms with E-state index in [0.717, 1.165) is 0 Å². The third-order valence-electron chi connectivity index (χ3n) is 3.45. The summed E-state index contributed by atoms with van der Waals surface area (Å²) in [7, 11) is 1.43. The molecule has 0 aliphatic carbocycles. The summed E-state index contributed by atoms with van der Waals surface area (Å²) in [6, 6.07) is 9.76. The molecule has 0 saturated carbocycles. The third kappa shape index (κ3) is 6.80. The maximum atomic E-state index is 12.1. The average molecular weight is 407 g/mol. The fraction of sp³-hybridized carbons (Fsp3) is 0.200. The number of ether oxygens (including phenoxy) is 4. The van der Waals surface area contributed by atoms with E-state index in [1.165, 1.54) is 43.5 Å². The molecule has 0 saturated heterocycles. The first-order valence-electron chi connectivity index (χ1n) is 8.36. The normalized spacial score (nSPS) is 10.2. The number of carbonyl (C=O) groups is 2. The number of carbonyl (C=O) groups excluding carboxylic acids is 2. The van der Waals surface area contributed by atoms with Gasteiger partial charge in [0.1, 0.15) is 12.4 Å². The van der Waals surface area contributed by atoms with Gasteiger partial charge in [-0.1, -0.05) is 12.7 Å². The predicted octanol–water partition coefficient (Wildman–Crippen LogP) is 3.66. The van der Waals surface area contributed by atoms with Crippen LogP contribution in [0.2, 0.25) is 0 Å². The average Bonchev–Trinajstić information content (AvgIpc) is 2.71. The van der Waals surface area contributed by atoms with Gasteiger partial charge in [0.05, 0.1) is 12.7 Å². The predicted molar refractivity (Wildman–Crippen MR) is 101 cm³/mol. The van der Waals surface area contributed by atoms with Crippen LogP contribution in [0, 0.1) is 0 Å². The lowest BCUT2D eigenvalue weighted by Gasteiger charge is -2.11. The van der Waals surface area contributed by atoms with Crippen molar-refractivity contribution in [3.05, 3.63) is 60.7 Å². The second-order valence-electron chi connectivity index (χ2n) is 5.49. The van der Waals surface area contributed by atoms with Gasteiger partial charge in [0.25, 0.3) is 5.91 Å². The van der Waals surface area contributed by atoms with Crippen LogP contribution in [0.3, 0.4) is 0 Å². The second kappa shape index (κ2) is 10.6. The summed E-state index contributed by atoms with van der Waals surface area (Å²) >= 11 is 0. The van der Waals surface area contributed by atoms with E-state index >= 15 is 0 Å². The quantitative estimate of drug-likeness (QED) is 0.478. The number of benzene rings is 2. The van der Waals surface area contributed by atoms with Crippen LogP contribution in [0.25, 0.3) is 0 Å². The molecule has 0 heterocycles. The van der Waals surface area contributed by atoms with Crippen LogP contribution in [0.4, 0.5) is 14.5 Å². The van der Waals surface area contributed by atoms with Gasteiger partial charge in [-0.3, -0.25) is 4.79 Å². The number of esters is 1. The van der Waals surface area contributed by atoms with Crippen molar-refractivity contribution in [3.63, 3.8) is 0 Å². The lowest BCUT2D eigenvalue weighted by molar-refractivity contribution is -0.119. The Labute approximate surface area is 165 Å². The molecule has 0 fully saturated rings. The lowest BCUT2D eigenvalue weighted by atomic mass is 10.2. The number of hydrogen-bond donors (Lipinski definition) is 1. The van der Waals surface area contributed by atoms with Gasteiger partial charge < -0.3 is 24.3 Å². The molecule has 7 nitrogen and oxygen atoms in total. The minimum atomic E-state index is -2.93. The molecule has 0 unspecified atom stereocenters. The Balaban J connectivity index is 1.89. The highest BCUT2D eigenvalue weighted by Gasteiger charge is 2.14. The monoisotopic (exact) mass is 407 g/mol. The first kappa shape index (κ1) is 21.7. The fourth-order valence-corrected chi connectivity index (χ4v) is 2.19. The van der Waals surface area contributed by atoms with Gasteiger partial charge >= 0.3 is 12.6 Å². The molecule has 2 rings (SSSR count). The molecule has 9 heteroatoms. The first-order valence-corrected chi connectivity index (χ1v) is 8.36. The largest absolute Gasteiger partial charge is 0.493 e. The van der Waals surface area contributed by atoms with Gasteiger partial charge in [-0.05, 0) is 42.5 Å². The van der Waals surface area contributed by atoms with Crippen molar-refractivity contribution < 1.29 is 37.3 Å². The summed E-state index contributed by atoms with van der Waals surface area (Å²) in [5.41, 5.74) is 0.507. The molecule has 0 aliphatic heterocycles. The van der Waals surface area contributed by atoms with E-state index in [2.05, 4.69) is 16.6 Å². The van der Waals surface area contributed by atoms with E-state index in [1.807, 2.05) is 0 Å². The van der Waals surface area contributed by atoms with E-state index in [4.69, 9.17) is 14.2 Å². The SMILES string of the molecule is C=CCOc1ccc(C(=O)OCC(=O)Nc2ccc(OC(F)F)cc2)cc1OC. The van der Waals surface area contributed by atoms with Crippen LogP contribution in [0.5, 0.6) is 17.2 Å². The minimum absolute atomic E-state index is 0.0427. The van der Waals surface area contributed by atoms with Crippen molar-refractivity contribution in [2.24, 2.45) is 0 Å². The topological polar surface area (TPSA) is 83.1 Å². The Hall–Kier alpha value is -3.62. The Bertz CT molecular complexity index is 855. The summed E-state index contributed by atoms with van der Waals surface area (Å²) in [5.74, 6) is -0.607. The Kier molecular flexibility index (Phi) is 7.96. The maximum Gasteiger partial charge on any atom is 0.387 e. The molecule has 2 aromatic rings. The van der Waals surface area contributed by atoms with Gasteiger partial charge in [0.2, 0.25) is 0 Å². The molecular weight excluding hydrogens is 388 g/mol. The Morgan fingerprint density at radius 3 is 2.48 bits per heavy atom. The van der Waals surface area contributed by atoms with Crippen LogP contribution in [-0.2, 0) is 9.53 Å². The van der Waals surface area contributed by atoms with Crippen molar-refractivity contribution in [3.8, 4) is 17.2 Å². The Morgan fingerprint density at radius 1 is 1.14 bits per heavy atom. The van der Waals surface area contributed by atoms with Crippen LogP contribution in [0.1, 0.15) is 10.4 Å². The molecule has 154 valence electrons. The zero-order chi connectivity index (χ0) is 21.2. The van der Waals surface area contributed by atoms with Gasteiger partial charge in [-0.15, -0.1) is 0 Å². The number of methoxy groups -OCH3 is 1. The summed E-state index contributed by atoms with van der Waals surface area (Å²) in [5, 5.41) is 2.47. The van der Waals surface area contributed by atoms with E-state index in [9.17, 15) is 18.4 Å². The maximum absolute atomic E-state index is 12.1. The Morgan fingerprint density at radius 2 is 1.86 bits per heavy atom. The number of halogens is 2. The zero-order valence-electron chi connectivity index (χ0n) is 15.5. The molecule has 0 spiro atoms. The van der Waals surface area contributed by atoms with E-state index < -0.39 is 25.1 Å². The number of amides is 1. The number of alkyl halides is 2. The van der Waals surface area contributed by atoms with Gasteiger partial charge in [-0.25, -0.2) is 4.79 Å². The summed E-state index contributed by atoms with van der Waals surface area (Å²) in [6.07, 6.45) is 1.57. The first-order chi connectivity index (χ1) is 13.9. The smallest absolute Gasteiger partial charge is 0.387 e. The zero-order valence-corrected chi connectivity index (χ0v) is 15.5. The molecule has 2 aromatic carbocycles. The highest BCUT2D eigenvalue weighted by Crippen LogP contribution is 2.28. The van der Waals surface area contributed by atoms with Crippen LogP contribution in [0.15, 0.2) is 55.1 Å². The molecular formula is C20H19F2NO6. The molecule has 0 radical (unpaired) electrons. The molecule has 0 aromatic heterocycles. The summed E-state index contributed by atoms with van der Waals surface area (Å²) < 4.78 is 44.0. The number of anilines is 1. The van der Waals surface area contributed by atoms with Gasteiger partial charge in [0, 0.05) is 5.69 Å². The summed E-state index contributed by atoms with van der Waals surface area (Å²) in [6.45, 7) is 0.352. The van der Waals surface area contributed by atoms with Crippen molar-refractivity contribution >= 4 is 17.6 Å². The van der Waals surface area contributed by atoms with E-state index in [0.29, 0.717) is 17.2 Å². The molecule has 1 N–H and O–H groups in total. The molecule has 0 aliphatic rings. The number of hydrogen-bond acceptors (Lipinski definition) is 6. The third-order valence-corrected chi connectivity index (χ3v) is 3.45. The van der Waals surface area contributed by atoms with Crippen LogP contribution in [-0.4, -0.2) is 38.8 Å². The van der Waals surface area contributed by atoms with Crippen molar-refractivity contribution in [1.82, 2.24) is 0 Å². The van der Waals surface area contributed by atoms with Crippen LogP contribution >= 0.6 is 0 Å². The summed E-state index contributed by atoms with van der Waals surface area (Å²) in [4.78, 5) is 24.1.